The number of carbonyl (C=O) groups is 1. The van der Waals surface area contributed by atoms with E-state index < -0.39 is 5.97 Å². The number of carboxylic acid groups (broad SMARTS) is 1. The Bertz CT molecular complexity index is 401. The fourth-order valence-electron chi connectivity index (χ4n) is 2.42. The monoisotopic (exact) mass is 219 g/mol. The zero-order chi connectivity index (χ0) is 11.5. The van der Waals surface area contributed by atoms with E-state index in [9.17, 15) is 4.79 Å². The lowest BCUT2D eigenvalue weighted by Crippen LogP contribution is -2.20. The first-order valence-corrected chi connectivity index (χ1v) is 5.72. The van der Waals surface area contributed by atoms with E-state index >= 15 is 0 Å². The van der Waals surface area contributed by atoms with Crippen molar-refractivity contribution in [3.05, 3.63) is 29.3 Å². The van der Waals surface area contributed by atoms with Gasteiger partial charge in [0.2, 0.25) is 0 Å². The molecule has 0 amide bonds. The third kappa shape index (κ3) is 2.18. The lowest BCUT2D eigenvalue weighted by molar-refractivity contribution is -0.136. The van der Waals surface area contributed by atoms with Crippen molar-refractivity contribution in [2.24, 2.45) is 0 Å². The number of anilines is 1. The maximum Gasteiger partial charge on any atom is 0.307 e. The zero-order valence-electron chi connectivity index (χ0n) is 9.57. The first-order chi connectivity index (χ1) is 7.68. The number of para-hydroxylation sites is 1. The second kappa shape index (κ2) is 4.56. The molecule has 2 rings (SSSR count). The molecule has 3 heteroatoms. The van der Waals surface area contributed by atoms with Gasteiger partial charge in [-0.3, -0.25) is 4.79 Å². The van der Waals surface area contributed by atoms with E-state index in [1.54, 1.807) is 0 Å². The quantitative estimate of drug-likeness (QED) is 0.828. The molecule has 1 aromatic carbocycles. The maximum absolute atomic E-state index is 10.8. The number of aryl methyl sites for hydroxylation is 1. The molecule has 1 heterocycles. The molecule has 0 unspecified atom stereocenters. The van der Waals surface area contributed by atoms with E-state index in [-0.39, 0.29) is 6.42 Å². The Balaban J connectivity index is 2.42. The van der Waals surface area contributed by atoms with Gasteiger partial charge in [-0.25, -0.2) is 0 Å². The van der Waals surface area contributed by atoms with Crippen molar-refractivity contribution in [1.82, 2.24) is 0 Å². The molecule has 0 saturated heterocycles. The van der Waals surface area contributed by atoms with Gasteiger partial charge in [0.05, 0.1) is 6.42 Å². The van der Waals surface area contributed by atoms with E-state index in [0.29, 0.717) is 0 Å². The summed E-state index contributed by atoms with van der Waals surface area (Å²) >= 11 is 0. The molecule has 0 aromatic heterocycles. The van der Waals surface area contributed by atoms with Crippen molar-refractivity contribution in [2.75, 3.05) is 18.5 Å². The molecule has 3 nitrogen and oxygen atoms in total. The number of aliphatic carboxylic acids is 1. The molecule has 0 fully saturated rings. The number of nitrogens with zero attached hydrogens (tertiary/aromatic N) is 1. The van der Waals surface area contributed by atoms with Gasteiger partial charge < -0.3 is 10.0 Å². The Hall–Kier alpha value is -1.51. The second-order valence-electron chi connectivity index (χ2n) is 4.37. The van der Waals surface area contributed by atoms with Gasteiger partial charge >= 0.3 is 5.97 Å². The van der Waals surface area contributed by atoms with Crippen LogP contribution >= 0.6 is 0 Å². The smallest absolute Gasteiger partial charge is 0.307 e. The molecular weight excluding hydrogens is 202 g/mol. The topological polar surface area (TPSA) is 40.5 Å². The van der Waals surface area contributed by atoms with Crippen molar-refractivity contribution in [1.29, 1.82) is 0 Å². The van der Waals surface area contributed by atoms with Gasteiger partial charge in [-0.1, -0.05) is 18.2 Å². The van der Waals surface area contributed by atoms with Crippen molar-refractivity contribution < 1.29 is 9.90 Å². The van der Waals surface area contributed by atoms with Crippen LogP contribution in [0.5, 0.6) is 0 Å². The molecule has 0 aliphatic carbocycles. The minimum atomic E-state index is -0.758. The van der Waals surface area contributed by atoms with Crippen LogP contribution in [0.4, 0.5) is 5.69 Å². The predicted octanol–water partition coefficient (Wildman–Crippen LogP) is 2.09. The van der Waals surface area contributed by atoms with Gasteiger partial charge in [-0.2, -0.15) is 0 Å². The van der Waals surface area contributed by atoms with Crippen LogP contribution in [0.3, 0.4) is 0 Å². The molecule has 0 saturated carbocycles. The average Bonchev–Trinajstić information content (AvgIpc) is 2.41. The summed E-state index contributed by atoms with van der Waals surface area (Å²) in [6, 6.07) is 6.01. The van der Waals surface area contributed by atoms with Crippen LogP contribution in [-0.2, 0) is 17.6 Å². The molecule has 0 spiro atoms. The zero-order valence-corrected chi connectivity index (χ0v) is 9.57. The first-order valence-electron chi connectivity index (χ1n) is 5.72. The van der Waals surface area contributed by atoms with Crippen LogP contribution in [-0.4, -0.2) is 24.7 Å². The lowest BCUT2D eigenvalue weighted by atomic mass is 10.0. The molecule has 1 aliphatic heterocycles. The van der Waals surface area contributed by atoms with Crippen LogP contribution in [0.1, 0.15) is 24.0 Å². The molecule has 86 valence electrons. The van der Waals surface area contributed by atoms with Crippen molar-refractivity contribution in [3.63, 3.8) is 0 Å². The highest BCUT2D eigenvalue weighted by Crippen LogP contribution is 2.29. The fourth-order valence-corrected chi connectivity index (χ4v) is 2.42. The summed E-state index contributed by atoms with van der Waals surface area (Å²) in [6.45, 7) is 1.02. The number of benzene rings is 1. The molecule has 1 aliphatic rings. The Morgan fingerprint density at radius 3 is 3.00 bits per heavy atom. The molecule has 0 atom stereocenters. The van der Waals surface area contributed by atoms with Gasteiger partial charge in [0, 0.05) is 19.3 Å². The SMILES string of the molecule is CN1CCCCc2cccc(CC(=O)O)c21. The van der Waals surface area contributed by atoms with Crippen LogP contribution in [0.15, 0.2) is 18.2 Å². The van der Waals surface area contributed by atoms with Gasteiger partial charge in [-0.15, -0.1) is 0 Å². The van der Waals surface area contributed by atoms with Gasteiger partial charge in [0.1, 0.15) is 0 Å². The maximum atomic E-state index is 10.8. The summed E-state index contributed by atoms with van der Waals surface area (Å²) in [5.74, 6) is -0.758. The Labute approximate surface area is 95.7 Å². The second-order valence-corrected chi connectivity index (χ2v) is 4.37. The Kier molecular flexibility index (Phi) is 3.13. The highest BCUT2D eigenvalue weighted by molar-refractivity contribution is 5.74. The highest BCUT2D eigenvalue weighted by Gasteiger charge is 2.16. The third-order valence-corrected chi connectivity index (χ3v) is 3.12. The third-order valence-electron chi connectivity index (χ3n) is 3.12. The number of rotatable bonds is 2. The number of fused-ring (bicyclic) bond motifs is 1. The summed E-state index contributed by atoms with van der Waals surface area (Å²) in [5.41, 5.74) is 3.37. The Morgan fingerprint density at radius 2 is 2.25 bits per heavy atom. The first kappa shape index (κ1) is 11.0. The van der Waals surface area contributed by atoms with Crippen molar-refractivity contribution >= 4 is 11.7 Å². The molecule has 16 heavy (non-hydrogen) atoms. The van der Waals surface area contributed by atoms with E-state index in [0.717, 1.165) is 24.2 Å². The van der Waals surface area contributed by atoms with E-state index in [2.05, 4.69) is 18.0 Å². The summed E-state index contributed by atoms with van der Waals surface area (Å²) in [5, 5.41) is 8.91. The van der Waals surface area contributed by atoms with E-state index in [1.165, 1.54) is 18.4 Å². The average molecular weight is 219 g/mol. The number of hydrogen-bond acceptors (Lipinski definition) is 2. The lowest BCUT2D eigenvalue weighted by Gasteiger charge is -2.22. The molecule has 1 N–H and O–H groups in total. The predicted molar refractivity (Wildman–Crippen MR) is 64.0 cm³/mol. The summed E-state index contributed by atoms with van der Waals surface area (Å²) in [4.78, 5) is 13.0. The largest absolute Gasteiger partial charge is 0.481 e. The fraction of sp³-hybridized carbons (Fsp3) is 0.462. The summed E-state index contributed by atoms with van der Waals surface area (Å²) in [7, 11) is 2.05. The van der Waals surface area contributed by atoms with Crippen LogP contribution in [0, 0.1) is 0 Å². The van der Waals surface area contributed by atoms with Crippen molar-refractivity contribution in [3.8, 4) is 0 Å². The molecular formula is C13H17NO2. The number of carboxylic acids is 1. The van der Waals surface area contributed by atoms with Gasteiger partial charge in [-0.05, 0) is 30.4 Å². The molecule has 0 radical (unpaired) electrons. The summed E-state index contributed by atoms with van der Waals surface area (Å²) < 4.78 is 0. The van der Waals surface area contributed by atoms with Crippen LogP contribution in [0.2, 0.25) is 0 Å². The van der Waals surface area contributed by atoms with Gasteiger partial charge in [0.15, 0.2) is 0 Å². The highest BCUT2D eigenvalue weighted by atomic mass is 16.4. The number of hydrogen-bond donors (Lipinski definition) is 1. The minimum Gasteiger partial charge on any atom is -0.481 e. The van der Waals surface area contributed by atoms with E-state index in [4.69, 9.17) is 5.11 Å². The van der Waals surface area contributed by atoms with Crippen LogP contribution < -0.4 is 4.90 Å². The summed E-state index contributed by atoms with van der Waals surface area (Å²) in [6.07, 6.45) is 3.55. The normalized spacial score (nSPS) is 15.4. The Morgan fingerprint density at radius 1 is 1.44 bits per heavy atom. The standard InChI is InChI=1S/C13H17NO2/c1-14-8-3-2-5-10-6-4-7-11(13(10)14)9-12(15)16/h4,6-7H,2-3,5,8-9H2,1H3,(H,15,16). The minimum absolute atomic E-state index is 0.119. The van der Waals surface area contributed by atoms with E-state index in [1.807, 2.05) is 12.1 Å². The molecule has 0 bridgehead atoms. The molecule has 1 aromatic rings. The van der Waals surface area contributed by atoms with Gasteiger partial charge in [0.25, 0.3) is 0 Å². The van der Waals surface area contributed by atoms with Crippen LogP contribution in [0.25, 0.3) is 0 Å². The van der Waals surface area contributed by atoms with Crippen molar-refractivity contribution in [2.45, 2.75) is 25.7 Å².